The van der Waals surface area contributed by atoms with Crippen LogP contribution in [0.25, 0.3) is 0 Å². The van der Waals surface area contributed by atoms with Crippen molar-refractivity contribution in [2.45, 2.75) is 38.6 Å². The molecule has 0 radical (unpaired) electrons. The van der Waals surface area contributed by atoms with E-state index in [0.717, 1.165) is 19.4 Å². The normalized spacial score (nSPS) is 17.1. The van der Waals surface area contributed by atoms with Gasteiger partial charge in [0.05, 0.1) is 5.69 Å². The van der Waals surface area contributed by atoms with Crippen molar-refractivity contribution in [1.82, 2.24) is 10.3 Å². The lowest BCUT2D eigenvalue weighted by Crippen LogP contribution is -2.17. The number of hydrogen-bond donors (Lipinski definition) is 1. The van der Waals surface area contributed by atoms with E-state index in [2.05, 4.69) is 36.5 Å². The Balaban J connectivity index is 1.88. The molecule has 3 heteroatoms. The number of nitrogens with one attached hydrogen (secondary N) is 1. The molecule has 3 rings (SSSR count). The highest BCUT2D eigenvalue weighted by Crippen LogP contribution is 2.42. The van der Waals surface area contributed by atoms with Gasteiger partial charge in [0, 0.05) is 17.3 Å². The van der Waals surface area contributed by atoms with Crippen LogP contribution in [-0.4, -0.2) is 12.0 Å². The lowest BCUT2D eigenvalue weighted by Gasteiger charge is -2.28. The second-order valence-electron chi connectivity index (χ2n) is 5.16. The molecule has 2 nitrogen and oxygen atoms in total. The van der Waals surface area contributed by atoms with E-state index in [9.17, 15) is 0 Å². The van der Waals surface area contributed by atoms with E-state index < -0.39 is 0 Å². The summed E-state index contributed by atoms with van der Waals surface area (Å²) in [5, 5.41) is 4.57. The van der Waals surface area contributed by atoms with Crippen LogP contribution in [0.2, 0.25) is 0 Å². The molecule has 0 fully saturated rings. The highest BCUT2D eigenvalue weighted by Gasteiger charge is 2.30. The van der Waals surface area contributed by atoms with Gasteiger partial charge in [0.15, 0.2) is 0 Å². The summed E-state index contributed by atoms with van der Waals surface area (Å²) in [7, 11) is 2.01. The summed E-state index contributed by atoms with van der Waals surface area (Å²) in [4.78, 5) is 6.34. The molecule has 1 atom stereocenters. The summed E-state index contributed by atoms with van der Waals surface area (Å²) >= 11 is 1.90. The molecule has 1 unspecified atom stereocenters. The highest BCUT2D eigenvalue weighted by molar-refractivity contribution is 7.11. The van der Waals surface area contributed by atoms with Crippen molar-refractivity contribution in [1.29, 1.82) is 0 Å². The van der Waals surface area contributed by atoms with Crippen LogP contribution in [0.5, 0.6) is 0 Å². The maximum Gasteiger partial charge on any atom is 0.101 e. The molecule has 0 saturated heterocycles. The molecule has 1 heterocycles. The molecule has 0 aliphatic heterocycles. The minimum Gasteiger partial charge on any atom is -0.315 e. The molecule has 1 aromatic heterocycles. The van der Waals surface area contributed by atoms with E-state index in [4.69, 9.17) is 4.98 Å². The van der Waals surface area contributed by atoms with E-state index >= 15 is 0 Å². The standard InChI is InChI=1S/C16H20N2S/c1-3-6-14-15(10-17-2)19-16(18-14)13-9-11-7-4-5-8-12(11)13/h4-5,7-8,13,17H,3,6,9-10H2,1-2H3. The minimum atomic E-state index is 0.544. The zero-order chi connectivity index (χ0) is 13.2. The van der Waals surface area contributed by atoms with Crippen LogP contribution in [0.1, 0.15) is 46.0 Å². The molecule has 19 heavy (non-hydrogen) atoms. The van der Waals surface area contributed by atoms with Gasteiger partial charge in [-0.1, -0.05) is 37.6 Å². The molecular formula is C16H20N2S. The van der Waals surface area contributed by atoms with Crippen molar-refractivity contribution in [3.05, 3.63) is 51.0 Å². The van der Waals surface area contributed by atoms with Gasteiger partial charge in [-0.05, 0) is 31.0 Å². The summed E-state index contributed by atoms with van der Waals surface area (Å²) in [6.07, 6.45) is 3.43. The van der Waals surface area contributed by atoms with E-state index in [1.807, 2.05) is 18.4 Å². The van der Waals surface area contributed by atoms with Crippen LogP contribution < -0.4 is 5.32 Å². The molecule has 2 aromatic rings. The largest absolute Gasteiger partial charge is 0.315 e. The topological polar surface area (TPSA) is 24.9 Å². The Morgan fingerprint density at radius 3 is 2.95 bits per heavy atom. The van der Waals surface area contributed by atoms with Crippen LogP contribution in [0.4, 0.5) is 0 Å². The van der Waals surface area contributed by atoms with Gasteiger partial charge in [-0.25, -0.2) is 4.98 Å². The van der Waals surface area contributed by atoms with Crippen LogP contribution in [-0.2, 0) is 19.4 Å². The molecule has 0 saturated carbocycles. The highest BCUT2D eigenvalue weighted by atomic mass is 32.1. The monoisotopic (exact) mass is 272 g/mol. The molecule has 1 aliphatic carbocycles. The first-order valence-electron chi connectivity index (χ1n) is 7.04. The van der Waals surface area contributed by atoms with Gasteiger partial charge in [0.25, 0.3) is 0 Å². The van der Waals surface area contributed by atoms with Gasteiger partial charge >= 0.3 is 0 Å². The predicted molar refractivity (Wildman–Crippen MR) is 80.9 cm³/mol. The summed E-state index contributed by atoms with van der Waals surface area (Å²) in [5.41, 5.74) is 4.28. The number of aromatic nitrogens is 1. The number of thiazole rings is 1. The maximum absolute atomic E-state index is 4.92. The second-order valence-corrected chi connectivity index (χ2v) is 6.27. The Morgan fingerprint density at radius 2 is 2.21 bits per heavy atom. The fourth-order valence-electron chi connectivity index (χ4n) is 2.76. The average Bonchev–Trinajstić information content (AvgIpc) is 2.75. The average molecular weight is 272 g/mol. The third-order valence-corrected chi connectivity index (χ3v) is 4.98. The van der Waals surface area contributed by atoms with Crippen molar-refractivity contribution in [3.8, 4) is 0 Å². The van der Waals surface area contributed by atoms with Crippen molar-refractivity contribution >= 4 is 11.3 Å². The van der Waals surface area contributed by atoms with E-state index in [0.29, 0.717) is 5.92 Å². The minimum absolute atomic E-state index is 0.544. The Hall–Kier alpha value is -1.19. The third-order valence-electron chi connectivity index (χ3n) is 3.77. The number of hydrogen-bond acceptors (Lipinski definition) is 3. The smallest absolute Gasteiger partial charge is 0.101 e. The maximum atomic E-state index is 4.92. The Morgan fingerprint density at radius 1 is 1.37 bits per heavy atom. The molecule has 1 N–H and O–H groups in total. The lowest BCUT2D eigenvalue weighted by atomic mass is 9.78. The molecule has 0 amide bonds. The van der Waals surface area contributed by atoms with E-state index in [1.165, 1.54) is 33.1 Å². The number of nitrogens with zero attached hydrogens (tertiary/aromatic N) is 1. The van der Waals surface area contributed by atoms with Gasteiger partial charge in [0.1, 0.15) is 5.01 Å². The van der Waals surface area contributed by atoms with Gasteiger partial charge in [0.2, 0.25) is 0 Å². The van der Waals surface area contributed by atoms with Crippen LogP contribution in [0, 0.1) is 0 Å². The first-order chi connectivity index (χ1) is 9.33. The van der Waals surface area contributed by atoms with Gasteiger partial charge in [-0.15, -0.1) is 11.3 Å². The number of aryl methyl sites for hydroxylation is 1. The van der Waals surface area contributed by atoms with Gasteiger partial charge in [-0.3, -0.25) is 0 Å². The quantitative estimate of drug-likeness (QED) is 0.901. The van der Waals surface area contributed by atoms with Crippen LogP contribution in [0.3, 0.4) is 0 Å². The van der Waals surface area contributed by atoms with Gasteiger partial charge in [-0.2, -0.15) is 0 Å². The number of fused-ring (bicyclic) bond motifs is 1. The van der Waals surface area contributed by atoms with E-state index in [1.54, 1.807) is 0 Å². The Kier molecular flexibility index (Phi) is 3.67. The lowest BCUT2D eigenvalue weighted by molar-refractivity contribution is 0.696. The van der Waals surface area contributed by atoms with Crippen molar-refractivity contribution < 1.29 is 0 Å². The zero-order valence-corrected chi connectivity index (χ0v) is 12.4. The van der Waals surface area contributed by atoms with Gasteiger partial charge < -0.3 is 5.32 Å². The summed E-state index contributed by atoms with van der Waals surface area (Å²) in [5.74, 6) is 0.544. The zero-order valence-electron chi connectivity index (χ0n) is 11.6. The molecule has 0 bridgehead atoms. The fourth-order valence-corrected chi connectivity index (χ4v) is 4.01. The fraction of sp³-hybridized carbons (Fsp3) is 0.438. The summed E-state index contributed by atoms with van der Waals surface area (Å²) in [6.45, 7) is 3.17. The van der Waals surface area contributed by atoms with E-state index in [-0.39, 0.29) is 0 Å². The van der Waals surface area contributed by atoms with Crippen LogP contribution >= 0.6 is 11.3 Å². The molecular weight excluding hydrogens is 252 g/mol. The predicted octanol–water partition coefficient (Wildman–Crippen LogP) is 3.50. The Bertz CT molecular complexity index is 550. The molecule has 1 aromatic carbocycles. The second kappa shape index (κ2) is 5.43. The number of benzene rings is 1. The number of rotatable bonds is 5. The molecule has 100 valence electrons. The van der Waals surface area contributed by atoms with Crippen molar-refractivity contribution in [2.24, 2.45) is 0 Å². The first kappa shape index (κ1) is 12.8. The molecule has 1 aliphatic rings. The Labute approximate surface area is 118 Å². The first-order valence-corrected chi connectivity index (χ1v) is 7.86. The third kappa shape index (κ3) is 2.33. The van der Waals surface area contributed by atoms with Crippen LogP contribution in [0.15, 0.2) is 24.3 Å². The summed E-state index contributed by atoms with van der Waals surface area (Å²) < 4.78 is 0. The summed E-state index contributed by atoms with van der Waals surface area (Å²) in [6, 6.07) is 8.76. The van der Waals surface area contributed by atoms with Crippen molar-refractivity contribution in [2.75, 3.05) is 7.05 Å². The molecule has 0 spiro atoms. The SMILES string of the molecule is CCCc1nc(C2Cc3ccccc32)sc1CNC. The van der Waals surface area contributed by atoms with Crippen molar-refractivity contribution in [3.63, 3.8) is 0 Å².